The number of nitriles is 1. The van der Waals surface area contributed by atoms with Crippen LogP contribution >= 0.6 is 11.3 Å². The van der Waals surface area contributed by atoms with Crippen LogP contribution in [0.1, 0.15) is 18.4 Å². The number of carbonyl (C=O) groups is 1. The van der Waals surface area contributed by atoms with E-state index in [-0.39, 0.29) is 17.1 Å². The Morgan fingerprint density at radius 2 is 2.19 bits per heavy atom. The van der Waals surface area contributed by atoms with Gasteiger partial charge in [-0.25, -0.2) is 0 Å². The molecule has 26 heavy (non-hydrogen) atoms. The highest BCUT2D eigenvalue weighted by Crippen LogP contribution is 2.28. The molecule has 0 radical (unpaired) electrons. The maximum absolute atomic E-state index is 12.3. The molecule has 1 amide bonds. The van der Waals surface area contributed by atoms with E-state index in [2.05, 4.69) is 20.4 Å². The van der Waals surface area contributed by atoms with Crippen molar-refractivity contribution in [1.29, 1.82) is 5.26 Å². The lowest BCUT2D eigenvalue weighted by Crippen LogP contribution is -2.17. The normalized spacial score (nSPS) is 14.2. The molecule has 0 aliphatic carbocycles. The van der Waals surface area contributed by atoms with Crippen LogP contribution in [0.25, 0.3) is 6.08 Å². The molecule has 9 heteroatoms. The van der Waals surface area contributed by atoms with Crippen molar-refractivity contribution >= 4 is 33.6 Å². The number of phenolic OH excluding ortho intramolecular Hbond substituents is 1. The topological polar surface area (TPSA) is 111 Å². The first kappa shape index (κ1) is 17.7. The average molecular weight is 371 g/mol. The first-order chi connectivity index (χ1) is 12.6. The van der Waals surface area contributed by atoms with Gasteiger partial charge in [-0.1, -0.05) is 17.4 Å². The van der Waals surface area contributed by atoms with Crippen molar-refractivity contribution < 1.29 is 14.6 Å². The van der Waals surface area contributed by atoms with Gasteiger partial charge in [-0.15, -0.1) is 10.2 Å². The number of anilines is 2. The molecule has 1 aliphatic heterocycles. The van der Waals surface area contributed by atoms with Gasteiger partial charge in [0.1, 0.15) is 11.6 Å². The third kappa shape index (κ3) is 3.92. The Hall–Kier alpha value is -3.12. The number of hydrogen-bond donors (Lipinski definition) is 2. The highest BCUT2D eigenvalue weighted by molar-refractivity contribution is 7.19. The molecular formula is C17H17N5O3S. The number of carbonyl (C=O) groups excluding carboxylic acids is 1. The molecule has 2 heterocycles. The minimum Gasteiger partial charge on any atom is -0.504 e. The second-order valence-corrected chi connectivity index (χ2v) is 6.60. The number of aromatic hydroxyl groups is 1. The van der Waals surface area contributed by atoms with Crippen molar-refractivity contribution in [3.8, 4) is 17.6 Å². The fourth-order valence-electron chi connectivity index (χ4n) is 2.57. The number of amides is 1. The monoisotopic (exact) mass is 371 g/mol. The molecule has 0 atom stereocenters. The van der Waals surface area contributed by atoms with Crippen molar-refractivity contribution in [2.75, 3.05) is 30.4 Å². The molecular weight excluding hydrogens is 354 g/mol. The van der Waals surface area contributed by atoms with E-state index in [0.717, 1.165) is 31.1 Å². The van der Waals surface area contributed by atoms with Gasteiger partial charge < -0.3 is 14.7 Å². The SMILES string of the molecule is COc1cc(/C=C(/C#N)C(=O)Nc2nnc(N3CCCC3)s2)ccc1O. The Balaban J connectivity index is 1.74. The van der Waals surface area contributed by atoms with Gasteiger partial charge in [-0.3, -0.25) is 10.1 Å². The summed E-state index contributed by atoms with van der Waals surface area (Å²) in [6.45, 7) is 1.88. The van der Waals surface area contributed by atoms with E-state index in [1.807, 2.05) is 6.07 Å². The molecule has 1 aromatic carbocycles. The van der Waals surface area contributed by atoms with E-state index >= 15 is 0 Å². The summed E-state index contributed by atoms with van der Waals surface area (Å²) in [7, 11) is 1.42. The minimum atomic E-state index is -0.566. The number of phenols is 1. The van der Waals surface area contributed by atoms with Crippen molar-refractivity contribution in [3.05, 3.63) is 29.3 Å². The summed E-state index contributed by atoms with van der Waals surface area (Å²) in [6, 6.07) is 6.43. The van der Waals surface area contributed by atoms with Gasteiger partial charge in [-0.05, 0) is 36.6 Å². The predicted octanol–water partition coefficient (Wildman–Crippen LogP) is 2.40. The number of rotatable bonds is 5. The van der Waals surface area contributed by atoms with E-state index in [4.69, 9.17) is 4.74 Å². The smallest absolute Gasteiger partial charge is 0.268 e. The summed E-state index contributed by atoms with van der Waals surface area (Å²) in [6.07, 6.45) is 3.66. The van der Waals surface area contributed by atoms with Crippen LogP contribution in [-0.2, 0) is 4.79 Å². The number of benzene rings is 1. The average Bonchev–Trinajstić information content (AvgIpc) is 3.32. The zero-order valence-electron chi connectivity index (χ0n) is 14.1. The molecule has 0 saturated carbocycles. The molecule has 0 unspecified atom stereocenters. The van der Waals surface area contributed by atoms with Gasteiger partial charge in [0, 0.05) is 13.1 Å². The maximum atomic E-state index is 12.3. The van der Waals surface area contributed by atoms with E-state index < -0.39 is 5.91 Å². The first-order valence-corrected chi connectivity index (χ1v) is 8.81. The summed E-state index contributed by atoms with van der Waals surface area (Å²) in [5, 5.41) is 30.7. The maximum Gasteiger partial charge on any atom is 0.268 e. The molecule has 1 saturated heterocycles. The lowest BCUT2D eigenvalue weighted by atomic mass is 10.1. The third-order valence-electron chi connectivity index (χ3n) is 3.89. The van der Waals surface area contributed by atoms with E-state index in [1.165, 1.54) is 36.7 Å². The summed E-state index contributed by atoms with van der Waals surface area (Å²) in [4.78, 5) is 14.5. The standard InChI is InChI=1S/C17H17N5O3S/c1-25-14-9-11(4-5-13(14)23)8-12(10-18)15(24)19-16-20-21-17(26-16)22-6-2-3-7-22/h4-5,8-9,23H,2-3,6-7H2,1H3,(H,19,20,24)/b12-8-. The molecule has 1 aromatic heterocycles. The summed E-state index contributed by atoms with van der Waals surface area (Å²) >= 11 is 1.28. The zero-order valence-corrected chi connectivity index (χ0v) is 14.9. The molecule has 1 aliphatic rings. The van der Waals surface area contributed by atoms with Crippen LogP contribution in [0.5, 0.6) is 11.5 Å². The second-order valence-electron chi connectivity index (χ2n) is 5.64. The fourth-order valence-corrected chi connectivity index (χ4v) is 3.36. The quantitative estimate of drug-likeness (QED) is 0.613. The Labute approximate surface area is 154 Å². The second kappa shape index (κ2) is 7.84. The van der Waals surface area contributed by atoms with Crippen LogP contribution in [0.3, 0.4) is 0 Å². The first-order valence-electron chi connectivity index (χ1n) is 7.99. The molecule has 0 spiro atoms. The fraction of sp³-hybridized carbons (Fsp3) is 0.294. The molecule has 134 valence electrons. The van der Waals surface area contributed by atoms with Gasteiger partial charge in [0.05, 0.1) is 7.11 Å². The predicted molar refractivity (Wildman–Crippen MR) is 98.2 cm³/mol. The van der Waals surface area contributed by atoms with Crippen LogP contribution in [0.4, 0.5) is 10.3 Å². The molecule has 2 N–H and O–H groups in total. The molecule has 8 nitrogen and oxygen atoms in total. The minimum absolute atomic E-state index is 0.0177. The number of nitrogens with zero attached hydrogens (tertiary/aromatic N) is 4. The summed E-state index contributed by atoms with van der Waals surface area (Å²) < 4.78 is 5.02. The Kier molecular flexibility index (Phi) is 5.34. The van der Waals surface area contributed by atoms with Crippen molar-refractivity contribution in [2.24, 2.45) is 0 Å². The van der Waals surface area contributed by atoms with Gasteiger partial charge in [-0.2, -0.15) is 5.26 Å². The van der Waals surface area contributed by atoms with Crippen LogP contribution in [0, 0.1) is 11.3 Å². The Morgan fingerprint density at radius 3 is 2.88 bits per heavy atom. The van der Waals surface area contributed by atoms with E-state index in [9.17, 15) is 15.2 Å². The largest absolute Gasteiger partial charge is 0.504 e. The van der Waals surface area contributed by atoms with Gasteiger partial charge in [0.2, 0.25) is 10.3 Å². The van der Waals surface area contributed by atoms with Crippen LogP contribution in [-0.4, -0.2) is 41.4 Å². The van der Waals surface area contributed by atoms with E-state index in [1.54, 1.807) is 6.07 Å². The number of nitrogens with one attached hydrogen (secondary N) is 1. The van der Waals surface area contributed by atoms with Crippen molar-refractivity contribution in [3.63, 3.8) is 0 Å². The van der Waals surface area contributed by atoms with E-state index in [0.29, 0.717) is 10.7 Å². The highest BCUT2D eigenvalue weighted by atomic mass is 32.1. The summed E-state index contributed by atoms with van der Waals surface area (Å²) in [5.41, 5.74) is 0.469. The van der Waals surface area contributed by atoms with Crippen LogP contribution < -0.4 is 15.0 Å². The number of aromatic nitrogens is 2. The zero-order chi connectivity index (χ0) is 18.5. The molecule has 3 rings (SSSR count). The Morgan fingerprint density at radius 1 is 1.42 bits per heavy atom. The van der Waals surface area contributed by atoms with Crippen molar-refractivity contribution in [1.82, 2.24) is 10.2 Å². The third-order valence-corrected chi connectivity index (χ3v) is 4.79. The number of hydrogen-bond acceptors (Lipinski definition) is 8. The van der Waals surface area contributed by atoms with Gasteiger partial charge in [0.25, 0.3) is 5.91 Å². The lowest BCUT2D eigenvalue weighted by Gasteiger charge is -2.10. The highest BCUT2D eigenvalue weighted by Gasteiger charge is 2.18. The number of methoxy groups -OCH3 is 1. The van der Waals surface area contributed by atoms with Gasteiger partial charge in [0.15, 0.2) is 11.5 Å². The van der Waals surface area contributed by atoms with Crippen LogP contribution in [0.15, 0.2) is 23.8 Å². The summed E-state index contributed by atoms with van der Waals surface area (Å²) in [5.74, 6) is -0.324. The lowest BCUT2D eigenvalue weighted by molar-refractivity contribution is -0.112. The molecule has 0 bridgehead atoms. The Bertz CT molecular complexity index is 881. The molecule has 2 aromatic rings. The van der Waals surface area contributed by atoms with Crippen LogP contribution in [0.2, 0.25) is 0 Å². The molecule has 1 fully saturated rings. The number of ether oxygens (including phenoxy) is 1. The van der Waals surface area contributed by atoms with Gasteiger partial charge >= 0.3 is 0 Å². The van der Waals surface area contributed by atoms with Crippen molar-refractivity contribution in [2.45, 2.75) is 12.8 Å².